The minimum Gasteiger partial charge on any atom is -0.465 e. The summed E-state index contributed by atoms with van der Waals surface area (Å²) in [4.78, 5) is 13.4. The number of carbonyl (C=O) groups is 1. The van der Waals surface area contributed by atoms with Gasteiger partial charge in [-0.1, -0.05) is 12.1 Å². The Labute approximate surface area is 113 Å². The average molecular weight is 265 g/mol. The van der Waals surface area contributed by atoms with E-state index in [0.717, 1.165) is 11.1 Å². The summed E-state index contributed by atoms with van der Waals surface area (Å²) in [5, 5.41) is 0. The lowest BCUT2D eigenvalue weighted by molar-refractivity contribution is -0.144. The summed E-state index contributed by atoms with van der Waals surface area (Å²) in [6.07, 6.45) is 1.73. The van der Waals surface area contributed by atoms with Crippen LogP contribution in [0.2, 0.25) is 0 Å². The fourth-order valence-electron chi connectivity index (χ4n) is 1.83. The Bertz CT molecular complexity index is 446. The number of ether oxygens (including phenoxy) is 1. The summed E-state index contributed by atoms with van der Waals surface area (Å²) in [7, 11) is 0. The van der Waals surface area contributed by atoms with Crippen molar-refractivity contribution < 1.29 is 13.9 Å². The minimum atomic E-state index is -0.260. The maximum Gasteiger partial charge on any atom is 0.320 e. The van der Waals surface area contributed by atoms with Crippen molar-refractivity contribution in [1.82, 2.24) is 4.90 Å². The number of esters is 1. The summed E-state index contributed by atoms with van der Waals surface area (Å²) in [5.41, 5.74) is 1.87. The van der Waals surface area contributed by atoms with Crippen LogP contribution in [0.25, 0.3) is 0 Å². The lowest BCUT2D eigenvalue weighted by Gasteiger charge is -2.20. The molecule has 0 aliphatic rings. The highest BCUT2D eigenvalue weighted by atomic mass is 19.1. The van der Waals surface area contributed by atoms with Gasteiger partial charge in [0.05, 0.1) is 13.2 Å². The first kappa shape index (κ1) is 15.4. The van der Waals surface area contributed by atoms with Crippen molar-refractivity contribution >= 4 is 5.97 Å². The third kappa shape index (κ3) is 5.22. The number of halogens is 1. The standard InChI is InChI=1S/C15H20FNO2/c1-4-8-17(11-15(18)19-5-2)10-13-6-7-14(16)9-12(13)3/h4,6-7,9H,1,5,8,10-11H2,2-3H3. The van der Waals surface area contributed by atoms with Gasteiger partial charge < -0.3 is 4.74 Å². The van der Waals surface area contributed by atoms with E-state index in [2.05, 4.69) is 6.58 Å². The topological polar surface area (TPSA) is 29.5 Å². The summed E-state index contributed by atoms with van der Waals surface area (Å²) in [6.45, 7) is 9.03. The fraction of sp³-hybridized carbons (Fsp3) is 0.400. The van der Waals surface area contributed by atoms with E-state index in [1.54, 1.807) is 19.1 Å². The second-order valence-electron chi connectivity index (χ2n) is 4.33. The van der Waals surface area contributed by atoms with Gasteiger partial charge in [0.2, 0.25) is 0 Å². The van der Waals surface area contributed by atoms with Gasteiger partial charge in [-0.15, -0.1) is 6.58 Å². The van der Waals surface area contributed by atoms with Crippen LogP contribution in [0.15, 0.2) is 30.9 Å². The van der Waals surface area contributed by atoms with Gasteiger partial charge in [0.1, 0.15) is 5.82 Å². The van der Waals surface area contributed by atoms with Crippen LogP contribution in [0.3, 0.4) is 0 Å². The molecule has 0 atom stereocenters. The molecule has 1 aromatic carbocycles. The van der Waals surface area contributed by atoms with E-state index in [0.29, 0.717) is 19.7 Å². The number of hydrogen-bond donors (Lipinski definition) is 0. The lowest BCUT2D eigenvalue weighted by atomic mass is 10.1. The first-order chi connectivity index (χ1) is 9.06. The molecule has 0 unspecified atom stereocenters. The molecule has 0 heterocycles. The van der Waals surface area contributed by atoms with Crippen molar-refractivity contribution in [3.8, 4) is 0 Å². The van der Waals surface area contributed by atoms with Crippen molar-refractivity contribution in [1.29, 1.82) is 0 Å². The number of hydrogen-bond acceptors (Lipinski definition) is 3. The van der Waals surface area contributed by atoms with Crippen molar-refractivity contribution in [2.75, 3.05) is 19.7 Å². The third-order valence-corrected chi connectivity index (χ3v) is 2.74. The zero-order valence-corrected chi connectivity index (χ0v) is 11.5. The lowest BCUT2D eigenvalue weighted by Crippen LogP contribution is -2.31. The van der Waals surface area contributed by atoms with Crippen LogP contribution in [0.1, 0.15) is 18.1 Å². The third-order valence-electron chi connectivity index (χ3n) is 2.74. The second kappa shape index (κ2) is 7.69. The Morgan fingerprint density at radius 2 is 2.26 bits per heavy atom. The highest BCUT2D eigenvalue weighted by Gasteiger charge is 2.12. The molecule has 0 radical (unpaired) electrons. The Kier molecular flexibility index (Phi) is 6.22. The second-order valence-corrected chi connectivity index (χ2v) is 4.33. The van der Waals surface area contributed by atoms with Crippen molar-refractivity contribution in [2.45, 2.75) is 20.4 Å². The van der Waals surface area contributed by atoms with Crippen LogP contribution in [0.4, 0.5) is 4.39 Å². The molecule has 0 bridgehead atoms. The Morgan fingerprint density at radius 1 is 1.53 bits per heavy atom. The van der Waals surface area contributed by atoms with E-state index in [9.17, 15) is 9.18 Å². The monoisotopic (exact) mass is 265 g/mol. The average Bonchev–Trinajstić information content (AvgIpc) is 2.33. The molecule has 0 aliphatic carbocycles. The van der Waals surface area contributed by atoms with Crippen molar-refractivity contribution in [3.05, 3.63) is 47.8 Å². The molecule has 1 rings (SSSR count). The van der Waals surface area contributed by atoms with Gasteiger partial charge in [-0.2, -0.15) is 0 Å². The first-order valence-electron chi connectivity index (χ1n) is 6.30. The predicted molar refractivity (Wildman–Crippen MR) is 73.2 cm³/mol. The van der Waals surface area contributed by atoms with Gasteiger partial charge in [-0.05, 0) is 37.1 Å². The zero-order valence-electron chi connectivity index (χ0n) is 11.5. The van der Waals surface area contributed by atoms with E-state index in [4.69, 9.17) is 4.74 Å². The van der Waals surface area contributed by atoms with Gasteiger partial charge in [0.15, 0.2) is 0 Å². The van der Waals surface area contributed by atoms with Crippen LogP contribution in [-0.2, 0) is 16.1 Å². The molecule has 4 heteroatoms. The SMILES string of the molecule is C=CCN(CC(=O)OCC)Cc1ccc(F)cc1C. The van der Waals surface area contributed by atoms with Gasteiger partial charge in [-0.3, -0.25) is 9.69 Å². The molecule has 0 aliphatic heterocycles. The summed E-state index contributed by atoms with van der Waals surface area (Å²) >= 11 is 0. The van der Waals surface area contributed by atoms with Gasteiger partial charge in [0, 0.05) is 13.1 Å². The Balaban J connectivity index is 2.71. The van der Waals surface area contributed by atoms with E-state index >= 15 is 0 Å². The molecule has 0 fully saturated rings. The van der Waals surface area contributed by atoms with Crippen LogP contribution >= 0.6 is 0 Å². The quantitative estimate of drug-likeness (QED) is 0.561. The van der Waals surface area contributed by atoms with E-state index in [-0.39, 0.29) is 18.3 Å². The number of nitrogens with zero attached hydrogens (tertiary/aromatic N) is 1. The molecular formula is C15H20FNO2. The Hall–Kier alpha value is -1.68. The predicted octanol–water partition coefficient (Wildman–Crippen LogP) is 2.69. The summed E-state index contributed by atoms with van der Waals surface area (Å²) < 4.78 is 18.0. The molecule has 104 valence electrons. The zero-order chi connectivity index (χ0) is 14.3. The van der Waals surface area contributed by atoms with E-state index < -0.39 is 0 Å². The van der Waals surface area contributed by atoms with Crippen molar-refractivity contribution in [3.63, 3.8) is 0 Å². The summed E-state index contributed by atoms with van der Waals surface area (Å²) in [6, 6.07) is 4.66. The molecule has 0 saturated carbocycles. The maximum atomic E-state index is 13.0. The van der Waals surface area contributed by atoms with Gasteiger partial charge in [-0.25, -0.2) is 4.39 Å². The molecule has 0 aromatic heterocycles. The smallest absolute Gasteiger partial charge is 0.320 e. The molecular weight excluding hydrogens is 245 g/mol. The van der Waals surface area contributed by atoms with Crippen LogP contribution < -0.4 is 0 Å². The number of benzene rings is 1. The van der Waals surface area contributed by atoms with Crippen LogP contribution in [0.5, 0.6) is 0 Å². The van der Waals surface area contributed by atoms with Gasteiger partial charge >= 0.3 is 5.97 Å². The van der Waals surface area contributed by atoms with E-state index in [1.165, 1.54) is 12.1 Å². The summed E-state index contributed by atoms with van der Waals surface area (Å²) in [5.74, 6) is -0.508. The minimum absolute atomic E-state index is 0.205. The molecule has 3 nitrogen and oxygen atoms in total. The molecule has 0 spiro atoms. The molecule has 0 N–H and O–H groups in total. The Morgan fingerprint density at radius 3 is 2.84 bits per heavy atom. The molecule has 0 amide bonds. The number of rotatable bonds is 7. The first-order valence-corrected chi connectivity index (χ1v) is 6.30. The number of aryl methyl sites for hydroxylation is 1. The largest absolute Gasteiger partial charge is 0.465 e. The fourth-order valence-corrected chi connectivity index (χ4v) is 1.83. The highest BCUT2D eigenvalue weighted by Crippen LogP contribution is 2.12. The molecule has 0 saturated heterocycles. The van der Waals surface area contributed by atoms with E-state index in [1.807, 2.05) is 11.8 Å². The van der Waals surface area contributed by atoms with Gasteiger partial charge in [0.25, 0.3) is 0 Å². The molecule has 1 aromatic rings. The normalized spacial score (nSPS) is 10.5. The van der Waals surface area contributed by atoms with Crippen LogP contribution in [-0.4, -0.2) is 30.6 Å². The number of carbonyl (C=O) groups excluding carboxylic acids is 1. The van der Waals surface area contributed by atoms with Crippen LogP contribution in [0, 0.1) is 12.7 Å². The molecule has 19 heavy (non-hydrogen) atoms. The maximum absolute atomic E-state index is 13.0. The van der Waals surface area contributed by atoms with Crippen molar-refractivity contribution in [2.24, 2.45) is 0 Å². The highest BCUT2D eigenvalue weighted by molar-refractivity contribution is 5.71.